The molecule has 1 aliphatic rings. The third-order valence-electron chi connectivity index (χ3n) is 3.67. The van der Waals surface area contributed by atoms with Crippen molar-refractivity contribution in [3.63, 3.8) is 0 Å². The molecule has 1 saturated heterocycles. The molecule has 0 aromatic carbocycles. The first kappa shape index (κ1) is 16.9. The second kappa shape index (κ2) is 8.23. The zero-order chi connectivity index (χ0) is 15.0. The van der Waals surface area contributed by atoms with E-state index in [2.05, 4.69) is 11.4 Å². The van der Waals surface area contributed by atoms with Crippen LogP contribution in [0.15, 0.2) is 0 Å². The highest BCUT2D eigenvalue weighted by Crippen LogP contribution is 2.21. The summed E-state index contributed by atoms with van der Waals surface area (Å²) in [7, 11) is 0. The molecule has 1 N–H and O–H groups in total. The molecule has 0 aromatic heterocycles. The molecule has 1 heterocycles. The molecule has 20 heavy (non-hydrogen) atoms. The van der Waals surface area contributed by atoms with Crippen LogP contribution in [0.1, 0.15) is 40.0 Å². The van der Waals surface area contributed by atoms with Gasteiger partial charge in [-0.25, -0.2) is 0 Å². The van der Waals surface area contributed by atoms with Crippen molar-refractivity contribution in [3.8, 4) is 6.07 Å². The number of ether oxygens (including phenoxy) is 1. The van der Waals surface area contributed by atoms with E-state index in [1.54, 1.807) is 0 Å². The van der Waals surface area contributed by atoms with Crippen LogP contribution in [-0.2, 0) is 9.53 Å². The summed E-state index contributed by atoms with van der Waals surface area (Å²) in [5, 5.41) is 12.2. The predicted molar refractivity (Wildman–Crippen MR) is 78.1 cm³/mol. The molecule has 0 bridgehead atoms. The van der Waals surface area contributed by atoms with Crippen LogP contribution in [0.5, 0.6) is 0 Å². The molecule has 1 atom stereocenters. The van der Waals surface area contributed by atoms with Crippen molar-refractivity contribution in [2.24, 2.45) is 5.41 Å². The summed E-state index contributed by atoms with van der Waals surface area (Å²) in [4.78, 5) is 14.0. The summed E-state index contributed by atoms with van der Waals surface area (Å²) >= 11 is 0. The molecule has 0 aromatic rings. The highest BCUT2D eigenvalue weighted by molar-refractivity contribution is 5.81. The van der Waals surface area contributed by atoms with E-state index in [9.17, 15) is 4.79 Å². The zero-order valence-corrected chi connectivity index (χ0v) is 12.9. The SMILES string of the molecule is CC(NCCCCC(C)(C)C#N)C(=O)N1CCOCC1. The van der Waals surface area contributed by atoms with E-state index < -0.39 is 0 Å². The molecule has 1 fully saturated rings. The zero-order valence-electron chi connectivity index (χ0n) is 12.9. The second-order valence-corrected chi connectivity index (χ2v) is 6.07. The van der Waals surface area contributed by atoms with E-state index in [4.69, 9.17) is 10.00 Å². The smallest absolute Gasteiger partial charge is 0.239 e. The summed E-state index contributed by atoms with van der Waals surface area (Å²) in [6.07, 6.45) is 2.90. The maximum Gasteiger partial charge on any atom is 0.239 e. The Balaban J connectivity index is 2.15. The van der Waals surface area contributed by atoms with Crippen LogP contribution in [0.25, 0.3) is 0 Å². The van der Waals surface area contributed by atoms with Crippen molar-refractivity contribution >= 4 is 5.91 Å². The number of hydrogen-bond donors (Lipinski definition) is 1. The van der Waals surface area contributed by atoms with Gasteiger partial charge in [-0.15, -0.1) is 0 Å². The van der Waals surface area contributed by atoms with Gasteiger partial charge in [0.25, 0.3) is 0 Å². The van der Waals surface area contributed by atoms with Crippen LogP contribution >= 0.6 is 0 Å². The monoisotopic (exact) mass is 281 g/mol. The Morgan fingerprint density at radius 1 is 1.40 bits per heavy atom. The molecule has 0 radical (unpaired) electrons. The third-order valence-corrected chi connectivity index (χ3v) is 3.67. The number of morpholine rings is 1. The molecule has 0 aliphatic carbocycles. The standard InChI is InChI=1S/C15H27N3O2/c1-13(14(19)18-8-10-20-11-9-18)17-7-5-4-6-15(2,3)12-16/h13,17H,4-11H2,1-3H3. The van der Waals surface area contributed by atoms with Gasteiger partial charge in [0.1, 0.15) is 0 Å². The lowest BCUT2D eigenvalue weighted by Gasteiger charge is -2.29. The minimum absolute atomic E-state index is 0.142. The number of nitriles is 1. The normalized spacial score (nSPS) is 17.6. The summed E-state index contributed by atoms with van der Waals surface area (Å²) in [5.74, 6) is 0.158. The Bertz CT molecular complexity index is 344. The maximum atomic E-state index is 12.1. The van der Waals surface area contributed by atoms with Crippen LogP contribution in [0, 0.1) is 16.7 Å². The van der Waals surface area contributed by atoms with Crippen molar-refractivity contribution in [3.05, 3.63) is 0 Å². The molecular weight excluding hydrogens is 254 g/mol. The number of nitrogens with zero attached hydrogens (tertiary/aromatic N) is 2. The fraction of sp³-hybridized carbons (Fsp3) is 0.867. The number of rotatable bonds is 7. The van der Waals surface area contributed by atoms with Gasteiger partial charge in [0.2, 0.25) is 5.91 Å². The summed E-state index contributed by atoms with van der Waals surface area (Å²) in [6, 6.07) is 2.17. The van der Waals surface area contributed by atoms with Gasteiger partial charge < -0.3 is 15.0 Å². The van der Waals surface area contributed by atoms with Crippen molar-refractivity contribution < 1.29 is 9.53 Å². The van der Waals surface area contributed by atoms with Crippen LogP contribution in [-0.4, -0.2) is 49.7 Å². The fourth-order valence-electron chi connectivity index (χ4n) is 2.21. The minimum Gasteiger partial charge on any atom is -0.378 e. The minimum atomic E-state index is -0.241. The first-order chi connectivity index (χ1) is 9.46. The van der Waals surface area contributed by atoms with Crippen molar-refractivity contribution in [2.45, 2.75) is 46.1 Å². The quantitative estimate of drug-likeness (QED) is 0.719. The van der Waals surface area contributed by atoms with Crippen LogP contribution in [0.3, 0.4) is 0 Å². The molecule has 1 unspecified atom stereocenters. The van der Waals surface area contributed by atoms with Gasteiger partial charge in [-0.05, 0) is 40.2 Å². The first-order valence-corrected chi connectivity index (χ1v) is 7.47. The molecule has 1 rings (SSSR count). The van der Waals surface area contributed by atoms with Gasteiger partial charge in [-0.1, -0.05) is 6.42 Å². The topological polar surface area (TPSA) is 65.4 Å². The average molecular weight is 281 g/mol. The number of unbranched alkanes of at least 4 members (excludes halogenated alkanes) is 1. The lowest BCUT2D eigenvalue weighted by atomic mass is 9.89. The highest BCUT2D eigenvalue weighted by Gasteiger charge is 2.21. The summed E-state index contributed by atoms with van der Waals surface area (Å²) < 4.78 is 5.24. The van der Waals surface area contributed by atoms with Crippen LogP contribution in [0.2, 0.25) is 0 Å². The molecule has 0 spiro atoms. The third kappa shape index (κ3) is 5.89. The van der Waals surface area contributed by atoms with Gasteiger partial charge in [-0.3, -0.25) is 4.79 Å². The second-order valence-electron chi connectivity index (χ2n) is 6.07. The maximum absolute atomic E-state index is 12.1. The molecule has 5 nitrogen and oxygen atoms in total. The lowest BCUT2D eigenvalue weighted by molar-refractivity contribution is -0.137. The molecule has 5 heteroatoms. The lowest BCUT2D eigenvalue weighted by Crippen LogP contribution is -2.49. The molecule has 0 saturated carbocycles. The summed E-state index contributed by atoms with van der Waals surface area (Å²) in [6.45, 7) is 9.33. The molecule has 1 aliphatic heterocycles. The van der Waals surface area contributed by atoms with Crippen molar-refractivity contribution in [1.29, 1.82) is 5.26 Å². The number of amides is 1. The largest absolute Gasteiger partial charge is 0.378 e. The Labute approximate surface area is 122 Å². The van der Waals surface area contributed by atoms with Gasteiger partial charge in [-0.2, -0.15) is 5.26 Å². The number of hydrogen-bond acceptors (Lipinski definition) is 4. The van der Waals surface area contributed by atoms with E-state index in [1.807, 2.05) is 25.7 Å². The van der Waals surface area contributed by atoms with E-state index >= 15 is 0 Å². The molecule has 114 valence electrons. The number of carbonyl (C=O) groups excluding carboxylic acids is 1. The predicted octanol–water partition coefficient (Wildman–Crippen LogP) is 1.54. The Kier molecular flexibility index (Phi) is 6.97. The fourth-order valence-corrected chi connectivity index (χ4v) is 2.21. The van der Waals surface area contributed by atoms with Gasteiger partial charge >= 0.3 is 0 Å². The highest BCUT2D eigenvalue weighted by atomic mass is 16.5. The van der Waals surface area contributed by atoms with E-state index in [0.29, 0.717) is 26.3 Å². The van der Waals surface area contributed by atoms with Crippen LogP contribution in [0.4, 0.5) is 0 Å². The van der Waals surface area contributed by atoms with E-state index in [-0.39, 0.29) is 17.4 Å². The summed E-state index contributed by atoms with van der Waals surface area (Å²) in [5.41, 5.74) is -0.241. The Morgan fingerprint density at radius 3 is 2.65 bits per heavy atom. The van der Waals surface area contributed by atoms with Gasteiger partial charge in [0, 0.05) is 13.1 Å². The van der Waals surface area contributed by atoms with Gasteiger partial charge in [0.05, 0.1) is 30.7 Å². The Morgan fingerprint density at radius 2 is 2.05 bits per heavy atom. The van der Waals surface area contributed by atoms with E-state index in [0.717, 1.165) is 25.8 Å². The molecular formula is C15H27N3O2. The molecule has 1 amide bonds. The van der Waals surface area contributed by atoms with Crippen molar-refractivity contribution in [1.82, 2.24) is 10.2 Å². The Hall–Kier alpha value is -1.12. The van der Waals surface area contributed by atoms with Crippen molar-refractivity contribution in [2.75, 3.05) is 32.8 Å². The number of carbonyl (C=O) groups is 1. The van der Waals surface area contributed by atoms with Gasteiger partial charge in [0.15, 0.2) is 0 Å². The number of nitrogens with one attached hydrogen (secondary N) is 1. The van der Waals surface area contributed by atoms with Crippen LogP contribution < -0.4 is 5.32 Å². The van der Waals surface area contributed by atoms with E-state index in [1.165, 1.54) is 0 Å². The first-order valence-electron chi connectivity index (χ1n) is 7.47. The average Bonchev–Trinajstić information content (AvgIpc) is 2.46.